The van der Waals surface area contributed by atoms with Gasteiger partial charge in [0.25, 0.3) is 0 Å². The van der Waals surface area contributed by atoms with E-state index in [9.17, 15) is 8.42 Å². The van der Waals surface area contributed by atoms with Crippen LogP contribution in [0.5, 0.6) is 0 Å². The number of hydrogen-bond donors (Lipinski definition) is 0. The zero-order valence-corrected chi connectivity index (χ0v) is 10.8. The average molecular weight is 266 g/mol. The molecule has 6 heteroatoms. The molecule has 0 N–H and O–H groups in total. The molecule has 92 valence electrons. The quantitative estimate of drug-likeness (QED) is 0.709. The maximum Gasteiger partial charge on any atom is 0.214 e. The van der Waals surface area contributed by atoms with Gasteiger partial charge in [0.1, 0.15) is 5.76 Å². The van der Waals surface area contributed by atoms with Gasteiger partial charge in [-0.1, -0.05) is 6.92 Å². The molecule has 0 saturated carbocycles. The van der Waals surface area contributed by atoms with Gasteiger partial charge >= 0.3 is 0 Å². The van der Waals surface area contributed by atoms with Crippen LogP contribution in [0.25, 0.3) is 0 Å². The first-order chi connectivity index (χ1) is 7.60. The maximum absolute atomic E-state index is 11.9. The van der Waals surface area contributed by atoms with E-state index in [2.05, 4.69) is 0 Å². The van der Waals surface area contributed by atoms with Crippen molar-refractivity contribution in [2.24, 2.45) is 0 Å². The largest absolute Gasteiger partial charge is 0.468 e. The molecule has 0 atom stereocenters. The van der Waals surface area contributed by atoms with E-state index in [1.165, 1.54) is 10.6 Å². The first kappa shape index (κ1) is 13.5. The number of hydrogen-bond acceptors (Lipinski definition) is 3. The highest BCUT2D eigenvalue weighted by molar-refractivity contribution is 7.89. The summed E-state index contributed by atoms with van der Waals surface area (Å²) in [4.78, 5) is 0. The summed E-state index contributed by atoms with van der Waals surface area (Å²) in [6, 6.07) is 3.51. The lowest BCUT2D eigenvalue weighted by molar-refractivity contribution is 0.375. The summed E-state index contributed by atoms with van der Waals surface area (Å²) in [5.41, 5.74) is 0. The molecular weight excluding hydrogens is 250 g/mol. The summed E-state index contributed by atoms with van der Waals surface area (Å²) in [7, 11) is -3.22. The lowest BCUT2D eigenvalue weighted by Gasteiger charge is -2.18. The van der Waals surface area contributed by atoms with Gasteiger partial charge in [0.15, 0.2) is 0 Å². The van der Waals surface area contributed by atoms with Crippen LogP contribution in [0.2, 0.25) is 0 Å². The molecular formula is C10H16ClNO3S. The third-order valence-corrected chi connectivity index (χ3v) is 4.44. The minimum atomic E-state index is -3.22. The summed E-state index contributed by atoms with van der Waals surface area (Å²) in [6.45, 7) is 2.53. The molecule has 0 aliphatic rings. The van der Waals surface area contributed by atoms with Gasteiger partial charge in [-0.05, 0) is 18.6 Å². The summed E-state index contributed by atoms with van der Waals surface area (Å²) < 4.78 is 30.3. The van der Waals surface area contributed by atoms with Crippen LogP contribution < -0.4 is 0 Å². The molecule has 0 spiro atoms. The topological polar surface area (TPSA) is 50.5 Å². The fraction of sp³-hybridized carbons (Fsp3) is 0.600. The van der Waals surface area contributed by atoms with E-state index in [1.807, 2.05) is 0 Å². The van der Waals surface area contributed by atoms with E-state index in [-0.39, 0.29) is 12.3 Å². The second-order valence-corrected chi connectivity index (χ2v) is 5.83. The Hall–Kier alpha value is -0.520. The minimum Gasteiger partial charge on any atom is -0.468 e. The molecule has 1 heterocycles. The van der Waals surface area contributed by atoms with E-state index >= 15 is 0 Å². The van der Waals surface area contributed by atoms with E-state index in [0.29, 0.717) is 24.6 Å². The zero-order valence-electron chi connectivity index (χ0n) is 9.23. The molecule has 0 aliphatic heterocycles. The lowest BCUT2D eigenvalue weighted by Crippen LogP contribution is -2.32. The predicted octanol–water partition coefficient (Wildman–Crippen LogP) is 2.06. The minimum absolute atomic E-state index is 0.0883. The Labute approximate surface area is 101 Å². The second-order valence-electron chi connectivity index (χ2n) is 3.36. The van der Waals surface area contributed by atoms with Gasteiger partial charge in [0, 0.05) is 12.4 Å². The smallest absolute Gasteiger partial charge is 0.214 e. The van der Waals surface area contributed by atoms with E-state index in [1.54, 1.807) is 19.1 Å². The van der Waals surface area contributed by atoms with Gasteiger partial charge in [-0.25, -0.2) is 8.42 Å². The maximum atomic E-state index is 11.9. The van der Waals surface area contributed by atoms with Crippen molar-refractivity contribution in [3.05, 3.63) is 24.2 Å². The second kappa shape index (κ2) is 6.27. The van der Waals surface area contributed by atoms with Gasteiger partial charge in [0.05, 0.1) is 18.6 Å². The Bertz CT molecular complexity index is 388. The fourth-order valence-electron chi connectivity index (χ4n) is 1.35. The first-order valence-corrected chi connectivity index (χ1v) is 7.30. The molecule has 0 bridgehead atoms. The Morgan fingerprint density at radius 1 is 1.50 bits per heavy atom. The molecule has 0 radical (unpaired) electrons. The van der Waals surface area contributed by atoms with Crippen molar-refractivity contribution in [3.63, 3.8) is 0 Å². The SMILES string of the molecule is CCN(Cc1ccco1)S(=O)(=O)CCCCl. The lowest BCUT2D eigenvalue weighted by atomic mass is 10.4. The van der Waals surface area contributed by atoms with Crippen LogP contribution in [0, 0.1) is 0 Å². The van der Waals surface area contributed by atoms with Crippen molar-refractivity contribution in [3.8, 4) is 0 Å². The van der Waals surface area contributed by atoms with E-state index in [4.69, 9.17) is 16.0 Å². The molecule has 1 rings (SSSR count). The molecule has 4 nitrogen and oxygen atoms in total. The first-order valence-electron chi connectivity index (χ1n) is 5.16. The third-order valence-electron chi connectivity index (χ3n) is 2.19. The summed E-state index contributed by atoms with van der Waals surface area (Å²) in [6.07, 6.45) is 2.01. The number of nitrogens with zero attached hydrogens (tertiary/aromatic N) is 1. The van der Waals surface area contributed by atoms with Crippen LogP contribution >= 0.6 is 11.6 Å². The Balaban J connectivity index is 2.66. The zero-order chi connectivity index (χ0) is 12.0. The number of halogens is 1. The van der Waals surface area contributed by atoms with Crippen molar-refractivity contribution in [2.75, 3.05) is 18.2 Å². The number of furan rings is 1. The van der Waals surface area contributed by atoms with Crippen LogP contribution in [-0.2, 0) is 16.6 Å². The highest BCUT2D eigenvalue weighted by Crippen LogP contribution is 2.11. The summed E-state index contributed by atoms with van der Waals surface area (Å²) in [5, 5.41) is 0. The highest BCUT2D eigenvalue weighted by Gasteiger charge is 2.20. The van der Waals surface area contributed by atoms with Gasteiger partial charge in [-0.2, -0.15) is 4.31 Å². The van der Waals surface area contributed by atoms with Gasteiger partial charge < -0.3 is 4.42 Å². The van der Waals surface area contributed by atoms with Crippen LogP contribution in [-0.4, -0.2) is 30.9 Å². The molecule has 1 aromatic heterocycles. The van der Waals surface area contributed by atoms with E-state index in [0.717, 1.165) is 0 Å². The van der Waals surface area contributed by atoms with E-state index < -0.39 is 10.0 Å². The molecule has 0 aliphatic carbocycles. The van der Waals surface area contributed by atoms with Gasteiger partial charge in [-0.15, -0.1) is 11.6 Å². The average Bonchev–Trinajstić information content (AvgIpc) is 2.75. The van der Waals surface area contributed by atoms with Crippen molar-refractivity contribution >= 4 is 21.6 Å². The number of sulfonamides is 1. The van der Waals surface area contributed by atoms with Crippen molar-refractivity contribution < 1.29 is 12.8 Å². The normalized spacial score (nSPS) is 12.2. The number of alkyl halides is 1. The van der Waals surface area contributed by atoms with Gasteiger partial charge in [-0.3, -0.25) is 0 Å². The van der Waals surface area contributed by atoms with Crippen LogP contribution in [0.15, 0.2) is 22.8 Å². The third kappa shape index (κ3) is 3.81. The Kier molecular flexibility index (Phi) is 5.31. The Morgan fingerprint density at radius 3 is 2.75 bits per heavy atom. The van der Waals surface area contributed by atoms with Crippen LogP contribution in [0.4, 0.5) is 0 Å². The molecule has 0 aromatic carbocycles. The molecule has 0 unspecified atom stereocenters. The van der Waals surface area contributed by atoms with Crippen LogP contribution in [0.1, 0.15) is 19.1 Å². The molecule has 0 fully saturated rings. The van der Waals surface area contributed by atoms with Crippen molar-refractivity contribution in [2.45, 2.75) is 19.9 Å². The van der Waals surface area contributed by atoms with Crippen molar-refractivity contribution in [1.82, 2.24) is 4.31 Å². The van der Waals surface area contributed by atoms with Crippen molar-refractivity contribution in [1.29, 1.82) is 0 Å². The summed E-state index contributed by atoms with van der Waals surface area (Å²) >= 11 is 5.50. The standard InChI is InChI=1S/C10H16ClNO3S/c1-2-12(9-10-5-3-7-15-10)16(13,14)8-4-6-11/h3,5,7H,2,4,6,8-9H2,1H3. The monoisotopic (exact) mass is 265 g/mol. The number of rotatable bonds is 7. The molecule has 1 aromatic rings. The fourth-order valence-corrected chi connectivity index (χ4v) is 3.13. The van der Waals surface area contributed by atoms with Gasteiger partial charge in [0.2, 0.25) is 10.0 Å². The molecule has 0 saturated heterocycles. The van der Waals surface area contributed by atoms with Crippen LogP contribution in [0.3, 0.4) is 0 Å². The molecule has 16 heavy (non-hydrogen) atoms. The highest BCUT2D eigenvalue weighted by atomic mass is 35.5. The summed E-state index contributed by atoms with van der Waals surface area (Å²) in [5.74, 6) is 1.10. The molecule has 0 amide bonds. The Morgan fingerprint density at radius 2 is 2.25 bits per heavy atom. The predicted molar refractivity (Wildman–Crippen MR) is 63.9 cm³/mol.